The van der Waals surface area contributed by atoms with Crippen molar-refractivity contribution >= 4 is 29.9 Å². The third kappa shape index (κ3) is 7.81. The first-order valence-electron chi connectivity index (χ1n) is 8.84. The fraction of sp³-hybridized carbons (Fsp3) is 0.611. The number of halogens is 5. The van der Waals surface area contributed by atoms with Gasteiger partial charge in [-0.1, -0.05) is 18.6 Å². The molecule has 154 valence electrons. The summed E-state index contributed by atoms with van der Waals surface area (Å²) in [5.74, 6) is -1.31. The number of hydrogen-bond donors (Lipinski definition) is 3. The second-order valence-corrected chi connectivity index (χ2v) is 6.53. The van der Waals surface area contributed by atoms with E-state index in [-0.39, 0.29) is 49.4 Å². The number of benzene rings is 1. The molecule has 3 atom stereocenters. The summed E-state index contributed by atoms with van der Waals surface area (Å²) < 4.78 is 51.7. The number of hydrogen-bond acceptors (Lipinski definition) is 2. The van der Waals surface area contributed by atoms with Crippen LogP contribution in [-0.2, 0) is 0 Å². The van der Waals surface area contributed by atoms with E-state index in [1.807, 2.05) is 6.92 Å². The number of rotatable bonds is 5. The molecule has 0 saturated heterocycles. The zero-order valence-electron chi connectivity index (χ0n) is 15.1. The van der Waals surface area contributed by atoms with Crippen molar-refractivity contribution < 1.29 is 22.7 Å². The average molecular weight is 503 g/mol. The third-order valence-electron chi connectivity index (χ3n) is 4.50. The van der Waals surface area contributed by atoms with Gasteiger partial charge in [0.05, 0.1) is 18.6 Å². The number of nitrogens with one attached hydrogen (secondary N) is 2. The number of nitrogens with zero attached hydrogens (tertiary/aromatic N) is 1. The molecule has 9 heteroatoms. The van der Waals surface area contributed by atoms with Crippen LogP contribution in [-0.4, -0.2) is 36.4 Å². The molecule has 2 rings (SSSR count). The van der Waals surface area contributed by atoms with Crippen LogP contribution in [0.4, 0.5) is 17.6 Å². The normalized spacial score (nSPS) is 21.9. The summed E-state index contributed by atoms with van der Waals surface area (Å²) in [5.41, 5.74) is 0.529. The van der Waals surface area contributed by atoms with Crippen molar-refractivity contribution in [3.63, 3.8) is 0 Å². The number of aliphatic hydroxyl groups excluding tert-OH is 1. The van der Waals surface area contributed by atoms with Crippen LogP contribution in [0, 0.1) is 11.7 Å². The molecule has 4 nitrogen and oxygen atoms in total. The van der Waals surface area contributed by atoms with Crippen LogP contribution in [0.1, 0.15) is 44.3 Å². The van der Waals surface area contributed by atoms with Gasteiger partial charge < -0.3 is 15.7 Å². The van der Waals surface area contributed by atoms with Crippen LogP contribution in [0.15, 0.2) is 29.3 Å². The molecule has 0 spiro atoms. The van der Waals surface area contributed by atoms with Gasteiger partial charge in [0.25, 0.3) is 0 Å². The van der Waals surface area contributed by atoms with Gasteiger partial charge in [0.2, 0.25) is 0 Å². The highest BCUT2D eigenvalue weighted by Gasteiger charge is 2.42. The van der Waals surface area contributed by atoms with E-state index in [0.29, 0.717) is 30.9 Å². The first-order valence-corrected chi connectivity index (χ1v) is 8.84. The average Bonchev–Trinajstić information content (AvgIpc) is 2.60. The lowest BCUT2D eigenvalue weighted by Crippen LogP contribution is -2.47. The standard InChI is InChI=1S/C18H25F4N3O.HI/c1-2-23-17(24-11-16(26)12-6-8-14(19)9-7-12)25-15-5-3-4-13(10-15)18(20,21)22;/h6-9,13,15-16,26H,2-5,10-11H2,1H3,(H2,23,24,25);1H. The first-order chi connectivity index (χ1) is 12.3. The van der Waals surface area contributed by atoms with Crippen molar-refractivity contribution in [2.45, 2.75) is 50.9 Å². The van der Waals surface area contributed by atoms with Gasteiger partial charge in [-0.25, -0.2) is 4.39 Å². The molecule has 27 heavy (non-hydrogen) atoms. The van der Waals surface area contributed by atoms with Gasteiger partial charge in [-0.05, 0) is 43.9 Å². The zero-order valence-corrected chi connectivity index (χ0v) is 17.4. The van der Waals surface area contributed by atoms with Crippen LogP contribution in [0.25, 0.3) is 0 Å². The van der Waals surface area contributed by atoms with Crippen LogP contribution < -0.4 is 10.6 Å². The second kappa shape index (κ2) is 11.0. The van der Waals surface area contributed by atoms with Gasteiger partial charge in [0, 0.05) is 12.6 Å². The molecule has 0 bridgehead atoms. The van der Waals surface area contributed by atoms with E-state index >= 15 is 0 Å². The molecule has 0 aromatic heterocycles. The van der Waals surface area contributed by atoms with Crippen molar-refractivity contribution in [1.82, 2.24) is 10.6 Å². The molecule has 1 saturated carbocycles. The molecular weight excluding hydrogens is 477 g/mol. The van der Waals surface area contributed by atoms with Crippen molar-refractivity contribution in [3.8, 4) is 0 Å². The summed E-state index contributed by atoms with van der Waals surface area (Å²) in [6, 6.07) is 5.16. The van der Waals surface area contributed by atoms with Crippen molar-refractivity contribution in [3.05, 3.63) is 35.6 Å². The molecule has 1 aromatic rings. The lowest BCUT2D eigenvalue weighted by Gasteiger charge is -2.32. The van der Waals surface area contributed by atoms with Crippen molar-refractivity contribution in [2.24, 2.45) is 10.9 Å². The smallest absolute Gasteiger partial charge is 0.386 e. The molecule has 3 N–H and O–H groups in total. The summed E-state index contributed by atoms with van der Waals surface area (Å²) in [6.45, 7) is 2.43. The first kappa shape index (κ1) is 23.9. The molecule has 3 unspecified atom stereocenters. The predicted molar refractivity (Wildman–Crippen MR) is 108 cm³/mol. The molecule has 1 aromatic carbocycles. The van der Waals surface area contributed by atoms with E-state index < -0.39 is 24.0 Å². The summed E-state index contributed by atoms with van der Waals surface area (Å²) >= 11 is 0. The Labute approximate surface area is 173 Å². The second-order valence-electron chi connectivity index (χ2n) is 6.53. The number of guanidine groups is 1. The monoisotopic (exact) mass is 503 g/mol. The minimum Gasteiger partial charge on any atom is -0.386 e. The number of alkyl halides is 3. The topological polar surface area (TPSA) is 56.7 Å². The van der Waals surface area contributed by atoms with E-state index in [1.54, 1.807) is 0 Å². The van der Waals surface area contributed by atoms with Gasteiger partial charge >= 0.3 is 6.18 Å². The highest BCUT2D eigenvalue weighted by Crippen LogP contribution is 2.37. The van der Waals surface area contributed by atoms with E-state index in [0.717, 1.165) is 0 Å². The van der Waals surface area contributed by atoms with Crippen LogP contribution in [0.5, 0.6) is 0 Å². The lowest BCUT2D eigenvalue weighted by molar-refractivity contribution is -0.183. The molecule has 0 amide bonds. The van der Waals surface area contributed by atoms with Gasteiger partial charge in [0.15, 0.2) is 5.96 Å². The molecule has 1 aliphatic rings. The van der Waals surface area contributed by atoms with E-state index in [1.165, 1.54) is 24.3 Å². The molecular formula is C18H26F4IN3O. The van der Waals surface area contributed by atoms with Gasteiger partial charge in [0.1, 0.15) is 5.82 Å². The highest BCUT2D eigenvalue weighted by atomic mass is 127. The third-order valence-corrected chi connectivity index (χ3v) is 4.50. The van der Waals surface area contributed by atoms with Gasteiger partial charge in [-0.3, -0.25) is 4.99 Å². The number of aliphatic imine (C=N–C) groups is 1. The van der Waals surface area contributed by atoms with E-state index in [9.17, 15) is 22.7 Å². The predicted octanol–water partition coefficient (Wildman–Crippen LogP) is 4.15. The Bertz CT molecular complexity index is 595. The highest BCUT2D eigenvalue weighted by molar-refractivity contribution is 14.0. The summed E-state index contributed by atoms with van der Waals surface area (Å²) in [7, 11) is 0. The fourth-order valence-electron chi connectivity index (χ4n) is 3.10. The van der Waals surface area contributed by atoms with E-state index in [2.05, 4.69) is 15.6 Å². The lowest BCUT2D eigenvalue weighted by atomic mass is 9.85. The maximum absolute atomic E-state index is 12.9. The largest absolute Gasteiger partial charge is 0.391 e. The van der Waals surface area contributed by atoms with Gasteiger partial charge in [-0.2, -0.15) is 13.2 Å². The maximum atomic E-state index is 12.9. The summed E-state index contributed by atoms with van der Waals surface area (Å²) in [4.78, 5) is 4.26. The molecule has 0 heterocycles. The Morgan fingerprint density at radius 3 is 2.52 bits per heavy atom. The molecule has 0 aliphatic heterocycles. The quantitative estimate of drug-likeness (QED) is 0.245. The SMILES string of the molecule is CCNC(=NCC(O)c1ccc(F)cc1)NC1CCCC(C(F)(F)F)C1.I. The molecule has 1 fully saturated rings. The van der Waals surface area contributed by atoms with Crippen molar-refractivity contribution in [2.75, 3.05) is 13.1 Å². The number of aliphatic hydroxyl groups is 1. The maximum Gasteiger partial charge on any atom is 0.391 e. The minimum absolute atomic E-state index is 0. The van der Waals surface area contributed by atoms with Crippen molar-refractivity contribution in [1.29, 1.82) is 0 Å². The van der Waals surface area contributed by atoms with E-state index in [4.69, 9.17) is 0 Å². The summed E-state index contributed by atoms with van der Waals surface area (Å²) in [6.07, 6.45) is -3.74. The van der Waals surface area contributed by atoms with Gasteiger partial charge in [-0.15, -0.1) is 24.0 Å². The van der Waals surface area contributed by atoms with Crippen LogP contribution >= 0.6 is 24.0 Å². The minimum atomic E-state index is -4.17. The summed E-state index contributed by atoms with van der Waals surface area (Å²) in [5, 5.41) is 16.2. The molecule has 1 aliphatic carbocycles. The Morgan fingerprint density at radius 1 is 1.26 bits per heavy atom. The van der Waals surface area contributed by atoms with Crippen LogP contribution in [0.2, 0.25) is 0 Å². The molecule has 0 radical (unpaired) electrons. The Morgan fingerprint density at radius 2 is 1.93 bits per heavy atom. The fourth-order valence-corrected chi connectivity index (χ4v) is 3.10. The zero-order chi connectivity index (χ0) is 19.2. The Kier molecular flexibility index (Phi) is 9.78. The Balaban J connectivity index is 0.00000364. The Hall–Kier alpha value is -1.10. The van der Waals surface area contributed by atoms with Crippen LogP contribution in [0.3, 0.4) is 0 Å².